The van der Waals surface area contributed by atoms with E-state index >= 15 is 0 Å². The number of carbonyl (C=O) groups is 4. The molecule has 1 heterocycles. The number of carboxylic acids is 1. The minimum Gasteiger partial charge on any atom is -0.480 e. The summed E-state index contributed by atoms with van der Waals surface area (Å²) < 4.78 is 0. The average molecular weight is 394 g/mol. The van der Waals surface area contributed by atoms with Crippen molar-refractivity contribution in [1.29, 1.82) is 0 Å². The Morgan fingerprint density at radius 3 is 2.64 bits per heavy atom. The van der Waals surface area contributed by atoms with Crippen LogP contribution in [0.3, 0.4) is 0 Å². The number of amides is 4. The fraction of sp³-hybridized carbons (Fsp3) is 0.789. The van der Waals surface area contributed by atoms with Crippen molar-refractivity contribution >= 4 is 23.8 Å². The van der Waals surface area contributed by atoms with E-state index < -0.39 is 17.5 Å². The van der Waals surface area contributed by atoms with Gasteiger partial charge >= 0.3 is 12.0 Å². The molecule has 3 fully saturated rings. The zero-order valence-corrected chi connectivity index (χ0v) is 16.6. The van der Waals surface area contributed by atoms with Crippen LogP contribution in [0.2, 0.25) is 0 Å². The summed E-state index contributed by atoms with van der Waals surface area (Å²) in [6, 6.07) is -0.405. The van der Waals surface area contributed by atoms with Crippen molar-refractivity contribution in [3.05, 3.63) is 0 Å². The van der Waals surface area contributed by atoms with Crippen molar-refractivity contribution in [2.75, 3.05) is 19.6 Å². The van der Waals surface area contributed by atoms with Gasteiger partial charge in [-0.1, -0.05) is 26.7 Å². The molecule has 9 nitrogen and oxygen atoms in total. The van der Waals surface area contributed by atoms with Crippen LogP contribution in [-0.4, -0.2) is 76.0 Å². The predicted octanol–water partition coefficient (Wildman–Crippen LogP) is 0.541. The number of carbonyl (C=O) groups excluding carboxylic acids is 3. The number of nitrogens with one attached hydrogen (secondary N) is 2. The fourth-order valence-corrected chi connectivity index (χ4v) is 4.73. The lowest BCUT2D eigenvalue weighted by atomic mass is 9.73. The topological polar surface area (TPSA) is 119 Å². The number of aliphatic carboxylic acids is 1. The second-order valence-electron chi connectivity index (χ2n) is 8.29. The van der Waals surface area contributed by atoms with Crippen LogP contribution in [-0.2, 0) is 14.4 Å². The van der Waals surface area contributed by atoms with Crippen molar-refractivity contribution < 1.29 is 24.3 Å². The van der Waals surface area contributed by atoms with Gasteiger partial charge in [-0.2, -0.15) is 0 Å². The molecular formula is C19H30N4O5. The van der Waals surface area contributed by atoms with E-state index in [-0.39, 0.29) is 42.9 Å². The summed E-state index contributed by atoms with van der Waals surface area (Å²) in [5.74, 6) is -1.44. The highest BCUT2D eigenvalue weighted by Gasteiger charge is 2.55. The van der Waals surface area contributed by atoms with E-state index in [2.05, 4.69) is 10.6 Å². The summed E-state index contributed by atoms with van der Waals surface area (Å²) in [7, 11) is 0. The Hall–Kier alpha value is -2.16. The summed E-state index contributed by atoms with van der Waals surface area (Å²) in [6.07, 6.45) is 4.80. The summed E-state index contributed by atoms with van der Waals surface area (Å²) in [6.45, 7) is 4.25. The Morgan fingerprint density at radius 1 is 1.32 bits per heavy atom. The van der Waals surface area contributed by atoms with Gasteiger partial charge in [-0.25, -0.2) is 4.79 Å². The summed E-state index contributed by atoms with van der Waals surface area (Å²) >= 11 is 0. The summed E-state index contributed by atoms with van der Waals surface area (Å²) in [5.41, 5.74) is -0.852. The van der Waals surface area contributed by atoms with Crippen LogP contribution in [0.4, 0.5) is 4.79 Å². The van der Waals surface area contributed by atoms with Crippen LogP contribution in [0.5, 0.6) is 0 Å². The molecule has 156 valence electrons. The molecule has 2 aliphatic carbocycles. The minimum atomic E-state index is -0.862. The first-order valence-corrected chi connectivity index (χ1v) is 10.2. The Balaban J connectivity index is 1.50. The van der Waals surface area contributed by atoms with Crippen molar-refractivity contribution in [3.63, 3.8) is 0 Å². The van der Waals surface area contributed by atoms with Gasteiger partial charge in [0, 0.05) is 12.1 Å². The minimum absolute atomic E-state index is 0.00937. The predicted molar refractivity (Wildman–Crippen MR) is 100 cm³/mol. The number of hydrogen-bond acceptors (Lipinski definition) is 5. The first kappa shape index (κ1) is 20.6. The quantitative estimate of drug-likeness (QED) is 0.542. The molecule has 3 N–H and O–H groups in total. The summed E-state index contributed by atoms with van der Waals surface area (Å²) in [4.78, 5) is 51.4. The van der Waals surface area contributed by atoms with E-state index in [9.17, 15) is 19.2 Å². The molecule has 4 amide bonds. The SMILES string of the molecule is CCN(CC(=O)O)C1CC(NC(=O)CN2C(=O)NC3(CCCCC3C)C2=O)C1. The molecule has 2 saturated carbocycles. The third-order valence-electron chi connectivity index (χ3n) is 6.54. The molecule has 0 aromatic rings. The van der Waals surface area contributed by atoms with E-state index in [0.29, 0.717) is 25.8 Å². The van der Waals surface area contributed by atoms with E-state index in [0.717, 1.165) is 24.2 Å². The molecule has 0 radical (unpaired) electrons. The molecule has 28 heavy (non-hydrogen) atoms. The average Bonchev–Trinajstić information content (AvgIpc) is 2.83. The van der Waals surface area contributed by atoms with Gasteiger partial charge < -0.3 is 15.7 Å². The van der Waals surface area contributed by atoms with Gasteiger partial charge in [0.25, 0.3) is 5.91 Å². The number of carboxylic acid groups (broad SMARTS) is 1. The smallest absolute Gasteiger partial charge is 0.325 e. The van der Waals surface area contributed by atoms with Gasteiger partial charge in [0.1, 0.15) is 12.1 Å². The van der Waals surface area contributed by atoms with Gasteiger partial charge in [0.05, 0.1) is 6.54 Å². The van der Waals surface area contributed by atoms with Crippen LogP contribution in [0, 0.1) is 5.92 Å². The van der Waals surface area contributed by atoms with Crippen molar-refractivity contribution in [2.24, 2.45) is 5.92 Å². The summed E-state index contributed by atoms with van der Waals surface area (Å²) in [5, 5.41) is 14.7. The van der Waals surface area contributed by atoms with E-state index in [1.807, 2.05) is 18.7 Å². The molecule has 3 aliphatic rings. The maximum atomic E-state index is 12.9. The Morgan fingerprint density at radius 2 is 2.04 bits per heavy atom. The van der Waals surface area contributed by atoms with Crippen LogP contribution in [0.1, 0.15) is 52.4 Å². The number of rotatable bonds is 7. The Labute approximate surface area is 164 Å². The highest BCUT2D eigenvalue weighted by Crippen LogP contribution is 2.38. The third-order valence-corrected chi connectivity index (χ3v) is 6.54. The van der Waals surface area contributed by atoms with Crippen molar-refractivity contribution in [3.8, 4) is 0 Å². The van der Waals surface area contributed by atoms with Crippen molar-refractivity contribution in [1.82, 2.24) is 20.4 Å². The van der Waals surface area contributed by atoms with Gasteiger partial charge in [-0.3, -0.25) is 24.2 Å². The molecule has 0 aromatic carbocycles. The Kier molecular flexibility index (Phi) is 5.92. The molecule has 0 bridgehead atoms. The molecule has 1 spiro atoms. The number of likely N-dealkylation sites (N-methyl/N-ethyl adjacent to an activating group) is 1. The molecule has 2 atom stereocenters. The maximum absolute atomic E-state index is 12.9. The van der Waals surface area contributed by atoms with Gasteiger partial charge in [-0.15, -0.1) is 0 Å². The van der Waals surface area contributed by atoms with E-state index in [1.165, 1.54) is 0 Å². The van der Waals surface area contributed by atoms with Gasteiger partial charge in [-0.05, 0) is 38.1 Å². The standard InChI is InChI=1S/C19H30N4O5/c1-3-22(11-16(25)26)14-8-13(9-14)20-15(24)10-23-17(27)19(21-18(23)28)7-5-4-6-12(19)2/h12-14H,3-11H2,1-2H3,(H,20,24)(H,21,28)(H,25,26). The van der Waals surface area contributed by atoms with Crippen LogP contribution in [0.15, 0.2) is 0 Å². The second-order valence-corrected chi connectivity index (χ2v) is 8.29. The monoisotopic (exact) mass is 394 g/mol. The second kappa shape index (κ2) is 8.06. The van der Waals surface area contributed by atoms with Crippen LogP contribution in [0.25, 0.3) is 0 Å². The lowest BCUT2D eigenvalue weighted by molar-refractivity contribution is -0.139. The molecule has 9 heteroatoms. The largest absolute Gasteiger partial charge is 0.480 e. The molecule has 1 saturated heterocycles. The van der Waals surface area contributed by atoms with E-state index in [1.54, 1.807) is 0 Å². The Bertz CT molecular complexity index is 663. The lowest BCUT2D eigenvalue weighted by Gasteiger charge is -2.42. The number of imide groups is 1. The van der Waals surface area contributed by atoms with Gasteiger partial charge in [0.2, 0.25) is 5.91 Å². The number of nitrogens with zero attached hydrogens (tertiary/aromatic N) is 2. The van der Waals surface area contributed by atoms with Gasteiger partial charge in [0.15, 0.2) is 0 Å². The zero-order valence-electron chi connectivity index (χ0n) is 16.6. The first-order chi connectivity index (χ1) is 13.3. The number of urea groups is 1. The van der Waals surface area contributed by atoms with E-state index in [4.69, 9.17) is 5.11 Å². The highest BCUT2D eigenvalue weighted by atomic mass is 16.4. The van der Waals surface area contributed by atoms with Crippen molar-refractivity contribution in [2.45, 2.75) is 70.0 Å². The fourth-order valence-electron chi connectivity index (χ4n) is 4.73. The zero-order chi connectivity index (χ0) is 20.5. The van der Waals surface area contributed by atoms with Crippen LogP contribution < -0.4 is 10.6 Å². The maximum Gasteiger partial charge on any atom is 0.325 e. The third kappa shape index (κ3) is 3.85. The molecule has 3 rings (SSSR count). The molecular weight excluding hydrogens is 364 g/mol. The highest BCUT2D eigenvalue weighted by molar-refractivity contribution is 6.09. The first-order valence-electron chi connectivity index (χ1n) is 10.2. The molecule has 0 aromatic heterocycles. The molecule has 2 unspecified atom stereocenters. The normalized spacial score (nSPS) is 32.4. The van der Waals surface area contributed by atoms with Crippen LogP contribution >= 0.6 is 0 Å². The molecule has 1 aliphatic heterocycles. The number of hydrogen-bond donors (Lipinski definition) is 3. The lowest BCUT2D eigenvalue weighted by Crippen LogP contribution is -2.56.